The maximum atomic E-state index is 13.9. The summed E-state index contributed by atoms with van der Waals surface area (Å²) >= 11 is 6.31. The van der Waals surface area contributed by atoms with Crippen LogP contribution in [0.4, 0.5) is 17.1 Å². The highest BCUT2D eigenvalue weighted by Gasteiger charge is 2.34. The first kappa shape index (κ1) is 27.1. The third-order valence-electron chi connectivity index (χ3n) is 7.27. The van der Waals surface area contributed by atoms with E-state index in [2.05, 4.69) is 4.98 Å². The minimum atomic E-state index is -0.377. The predicted octanol–water partition coefficient (Wildman–Crippen LogP) is 5.72. The molecule has 40 heavy (non-hydrogen) atoms. The average molecular weight is 565 g/mol. The monoisotopic (exact) mass is 564 g/mol. The maximum Gasteiger partial charge on any atom is 0.274 e. The number of hydrogen-bond acceptors (Lipinski definition) is 7. The number of alkyl halides is 1. The van der Waals surface area contributed by atoms with Gasteiger partial charge < -0.3 is 29.0 Å². The topological polar surface area (TPSA) is 110 Å². The molecule has 1 aliphatic rings. The van der Waals surface area contributed by atoms with E-state index in [4.69, 9.17) is 25.8 Å². The molecule has 0 saturated heterocycles. The number of nitrogens with one attached hydrogen (secondary N) is 1. The van der Waals surface area contributed by atoms with Crippen LogP contribution in [-0.4, -0.2) is 56.6 Å². The number of rotatable bonds is 9. The number of carbonyl (C=O) groups excluding carboxylic acids is 1. The van der Waals surface area contributed by atoms with Gasteiger partial charge in [0, 0.05) is 60.3 Å². The molecule has 208 valence electrons. The molecule has 0 fully saturated rings. The number of aromatic nitrogens is 1. The molecule has 5 rings (SSSR count). The van der Waals surface area contributed by atoms with Crippen LogP contribution in [0.1, 0.15) is 27.5 Å². The average Bonchev–Trinajstić information content (AvgIpc) is 3.56. The summed E-state index contributed by atoms with van der Waals surface area (Å²) in [5.74, 6) is 1.47. The number of ether oxygens (including phenoxy) is 3. The summed E-state index contributed by atoms with van der Waals surface area (Å²) in [4.78, 5) is 31.9. The molecule has 1 unspecified atom stereocenters. The number of nitro benzene ring substituents is 1. The van der Waals surface area contributed by atoms with Gasteiger partial charge >= 0.3 is 0 Å². The van der Waals surface area contributed by atoms with E-state index in [-0.39, 0.29) is 22.4 Å². The summed E-state index contributed by atoms with van der Waals surface area (Å²) in [6.07, 6.45) is 0. The van der Waals surface area contributed by atoms with Crippen LogP contribution in [-0.2, 0) is 6.54 Å². The van der Waals surface area contributed by atoms with E-state index >= 15 is 0 Å². The number of para-hydroxylation sites is 1. The number of nitrogens with zero attached hydrogens (tertiary/aromatic N) is 3. The molecule has 4 aromatic rings. The van der Waals surface area contributed by atoms with Crippen molar-refractivity contribution in [2.24, 2.45) is 0 Å². The Morgan fingerprint density at radius 3 is 2.52 bits per heavy atom. The fourth-order valence-corrected chi connectivity index (χ4v) is 5.53. The van der Waals surface area contributed by atoms with Crippen molar-refractivity contribution in [3.63, 3.8) is 0 Å². The second-order valence-electron chi connectivity index (χ2n) is 9.54. The minimum Gasteiger partial charge on any atom is -0.493 e. The SMILES string of the molecule is COc1cc2cc(C(=O)N3CC(CCl)c4ccc(N(C)Cc5ccccc5[N+](=O)[O-])cc43)[nH]c2c(OC)c1OC. The van der Waals surface area contributed by atoms with E-state index in [9.17, 15) is 14.9 Å². The molecule has 0 bridgehead atoms. The standard InChI is InChI=1S/C29H29ClN4O6/c1-32(15-17-7-5-6-8-23(17)34(36)37)20-9-10-21-19(14-30)16-33(24(21)13-20)29(35)22-11-18-12-25(38-2)27(39-3)28(40-4)26(18)31-22/h5-13,19,31H,14-16H2,1-4H3. The van der Waals surface area contributed by atoms with Crippen LogP contribution < -0.4 is 24.0 Å². The molecular weight excluding hydrogens is 536 g/mol. The Kier molecular flexibility index (Phi) is 7.44. The third kappa shape index (κ3) is 4.64. The summed E-state index contributed by atoms with van der Waals surface area (Å²) in [5.41, 5.74) is 4.21. The summed E-state index contributed by atoms with van der Waals surface area (Å²) in [5, 5.41) is 12.2. The van der Waals surface area contributed by atoms with Crippen molar-refractivity contribution < 1.29 is 23.9 Å². The zero-order valence-electron chi connectivity index (χ0n) is 22.6. The minimum absolute atomic E-state index is 0.0331. The van der Waals surface area contributed by atoms with E-state index in [0.717, 1.165) is 22.3 Å². The van der Waals surface area contributed by atoms with Crippen molar-refractivity contribution in [3.05, 3.63) is 81.5 Å². The highest BCUT2D eigenvalue weighted by atomic mass is 35.5. The number of aromatic amines is 1. The molecule has 11 heteroatoms. The number of methoxy groups -OCH3 is 3. The van der Waals surface area contributed by atoms with Gasteiger partial charge in [0.25, 0.3) is 11.6 Å². The Hall–Kier alpha value is -4.44. The van der Waals surface area contributed by atoms with E-state index in [1.807, 2.05) is 30.1 Å². The molecule has 1 aromatic heterocycles. The molecule has 2 heterocycles. The fraction of sp³-hybridized carbons (Fsp3) is 0.276. The van der Waals surface area contributed by atoms with Gasteiger partial charge in [-0.2, -0.15) is 0 Å². The van der Waals surface area contributed by atoms with Gasteiger partial charge in [-0.25, -0.2) is 0 Å². The second-order valence-corrected chi connectivity index (χ2v) is 9.85. The molecule has 1 N–H and O–H groups in total. The van der Waals surface area contributed by atoms with Crippen molar-refractivity contribution in [1.29, 1.82) is 0 Å². The first-order valence-electron chi connectivity index (χ1n) is 12.6. The van der Waals surface area contributed by atoms with Gasteiger partial charge in [-0.05, 0) is 29.8 Å². The molecule has 0 aliphatic carbocycles. The quantitative estimate of drug-likeness (QED) is 0.157. The lowest BCUT2D eigenvalue weighted by molar-refractivity contribution is -0.385. The van der Waals surface area contributed by atoms with Crippen LogP contribution in [0.25, 0.3) is 10.9 Å². The van der Waals surface area contributed by atoms with E-state index < -0.39 is 0 Å². The number of halogens is 1. The lowest BCUT2D eigenvalue weighted by Crippen LogP contribution is -2.30. The number of carbonyl (C=O) groups is 1. The van der Waals surface area contributed by atoms with E-state index in [1.54, 1.807) is 42.3 Å². The lowest BCUT2D eigenvalue weighted by atomic mass is 10.0. The molecular formula is C29H29ClN4O6. The van der Waals surface area contributed by atoms with Crippen LogP contribution in [0.15, 0.2) is 54.6 Å². The van der Waals surface area contributed by atoms with Crippen molar-refractivity contribution in [3.8, 4) is 17.2 Å². The summed E-state index contributed by atoms with van der Waals surface area (Å²) < 4.78 is 16.5. The smallest absolute Gasteiger partial charge is 0.274 e. The molecule has 1 atom stereocenters. The highest BCUT2D eigenvalue weighted by Crippen LogP contribution is 2.44. The van der Waals surface area contributed by atoms with Crippen molar-refractivity contribution in [2.75, 3.05) is 50.6 Å². The third-order valence-corrected chi connectivity index (χ3v) is 7.64. The summed E-state index contributed by atoms with van der Waals surface area (Å²) in [6, 6.07) is 16.1. The Balaban J connectivity index is 1.50. The molecule has 0 radical (unpaired) electrons. The maximum absolute atomic E-state index is 13.9. The Morgan fingerprint density at radius 2 is 1.85 bits per heavy atom. The zero-order valence-corrected chi connectivity index (χ0v) is 23.3. The number of hydrogen-bond donors (Lipinski definition) is 1. The first-order valence-corrected chi connectivity index (χ1v) is 13.1. The van der Waals surface area contributed by atoms with E-state index in [0.29, 0.717) is 53.0 Å². The molecule has 1 aliphatic heterocycles. The Labute approximate surface area is 236 Å². The number of fused-ring (bicyclic) bond motifs is 2. The number of amides is 1. The highest BCUT2D eigenvalue weighted by molar-refractivity contribution is 6.19. The number of anilines is 2. The number of H-pyrrole nitrogens is 1. The molecule has 0 spiro atoms. The lowest BCUT2D eigenvalue weighted by Gasteiger charge is -2.22. The fourth-order valence-electron chi connectivity index (χ4n) is 5.26. The van der Waals surface area contributed by atoms with E-state index in [1.165, 1.54) is 20.3 Å². The van der Waals surface area contributed by atoms with Gasteiger partial charge in [0.15, 0.2) is 11.5 Å². The number of nitro groups is 1. The Morgan fingerprint density at radius 1 is 1.10 bits per heavy atom. The van der Waals surface area contributed by atoms with Gasteiger partial charge in [0.1, 0.15) is 5.69 Å². The van der Waals surface area contributed by atoms with Gasteiger partial charge in [-0.15, -0.1) is 11.6 Å². The van der Waals surface area contributed by atoms with Gasteiger partial charge in [0.05, 0.1) is 31.8 Å². The molecule has 3 aromatic carbocycles. The van der Waals surface area contributed by atoms with Crippen molar-refractivity contribution in [2.45, 2.75) is 12.5 Å². The van der Waals surface area contributed by atoms with Crippen LogP contribution in [0.5, 0.6) is 17.2 Å². The van der Waals surface area contributed by atoms with Crippen LogP contribution in [0.3, 0.4) is 0 Å². The van der Waals surface area contributed by atoms with Crippen LogP contribution in [0.2, 0.25) is 0 Å². The van der Waals surface area contributed by atoms with Gasteiger partial charge in [-0.1, -0.05) is 24.3 Å². The summed E-state index contributed by atoms with van der Waals surface area (Å²) in [6.45, 7) is 0.752. The largest absolute Gasteiger partial charge is 0.493 e. The van der Waals surface area contributed by atoms with Crippen LogP contribution in [0, 0.1) is 10.1 Å². The van der Waals surface area contributed by atoms with Crippen molar-refractivity contribution in [1.82, 2.24) is 4.98 Å². The predicted molar refractivity (Wildman–Crippen MR) is 155 cm³/mol. The number of benzene rings is 3. The first-order chi connectivity index (χ1) is 19.3. The second kappa shape index (κ2) is 11.0. The Bertz CT molecular complexity index is 1600. The molecule has 10 nitrogen and oxygen atoms in total. The normalized spacial score (nSPS) is 14.2. The van der Waals surface area contributed by atoms with Gasteiger partial charge in [0.2, 0.25) is 5.75 Å². The van der Waals surface area contributed by atoms with Gasteiger partial charge in [-0.3, -0.25) is 14.9 Å². The zero-order chi connectivity index (χ0) is 28.6. The van der Waals surface area contributed by atoms with Crippen LogP contribution >= 0.6 is 11.6 Å². The molecule has 0 saturated carbocycles. The summed E-state index contributed by atoms with van der Waals surface area (Å²) in [7, 11) is 6.46. The van der Waals surface area contributed by atoms with Crippen molar-refractivity contribution >= 4 is 45.5 Å². The molecule has 1 amide bonds.